The van der Waals surface area contributed by atoms with E-state index >= 15 is 0 Å². The second-order valence-corrected chi connectivity index (χ2v) is 3.39. The summed E-state index contributed by atoms with van der Waals surface area (Å²) in [4.78, 5) is 11.2. The van der Waals surface area contributed by atoms with Gasteiger partial charge in [-0.2, -0.15) is 0 Å². The quantitative estimate of drug-likeness (QED) is 0.818. The highest BCUT2D eigenvalue weighted by Crippen LogP contribution is 2.20. The summed E-state index contributed by atoms with van der Waals surface area (Å²) in [5.74, 6) is 0. The van der Waals surface area contributed by atoms with Crippen LogP contribution in [0.4, 0.5) is 10.5 Å². The topological polar surface area (TPSA) is 38.3 Å². The summed E-state index contributed by atoms with van der Waals surface area (Å²) in [6.45, 7) is 3.55. The largest absolute Gasteiger partial charge is 0.447 e. The fourth-order valence-electron chi connectivity index (χ4n) is 0.861. The first-order valence-electron chi connectivity index (χ1n) is 4.23. The molecule has 0 aliphatic heterocycles. The lowest BCUT2D eigenvalue weighted by atomic mass is 10.3. The highest BCUT2D eigenvalue weighted by Gasteiger charge is 2.07. The van der Waals surface area contributed by atoms with Crippen molar-refractivity contribution in [2.24, 2.45) is 0 Å². The number of hydrogen-bond donors (Lipinski definition) is 1. The highest BCUT2D eigenvalue weighted by molar-refractivity contribution is 6.33. The van der Waals surface area contributed by atoms with Crippen LogP contribution in [0, 0.1) is 6.07 Å². The molecule has 1 aromatic carbocycles. The van der Waals surface area contributed by atoms with Gasteiger partial charge in [0.25, 0.3) is 0 Å². The molecule has 14 heavy (non-hydrogen) atoms. The van der Waals surface area contributed by atoms with Crippen molar-refractivity contribution in [2.75, 3.05) is 5.32 Å². The predicted molar refractivity (Wildman–Crippen MR) is 55.5 cm³/mol. The Morgan fingerprint density at radius 2 is 2.36 bits per heavy atom. The van der Waals surface area contributed by atoms with Gasteiger partial charge in [0.2, 0.25) is 0 Å². The maximum absolute atomic E-state index is 11.2. The molecule has 0 heterocycles. The van der Waals surface area contributed by atoms with Gasteiger partial charge in [-0.15, -0.1) is 0 Å². The highest BCUT2D eigenvalue weighted by atomic mass is 35.5. The van der Waals surface area contributed by atoms with Crippen molar-refractivity contribution in [3.05, 3.63) is 29.3 Å². The molecule has 3 nitrogen and oxygen atoms in total. The summed E-state index contributed by atoms with van der Waals surface area (Å²) in [6, 6.07) is 7.71. The number of rotatable bonds is 2. The van der Waals surface area contributed by atoms with Crippen molar-refractivity contribution in [3.63, 3.8) is 0 Å². The molecule has 0 aromatic heterocycles. The minimum absolute atomic E-state index is 0.151. The summed E-state index contributed by atoms with van der Waals surface area (Å²) in [5, 5.41) is 2.98. The van der Waals surface area contributed by atoms with Crippen molar-refractivity contribution < 1.29 is 9.53 Å². The molecular formula is C10H11ClNO2. The van der Waals surface area contributed by atoms with Gasteiger partial charge < -0.3 is 4.74 Å². The van der Waals surface area contributed by atoms with Gasteiger partial charge in [-0.3, -0.25) is 5.32 Å². The number of nitrogens with one attached hydrogen (secondary N) is 1. The molecule has 0 saturated heterocycles. The van der Waals surface area contributed by atoms with E-state index in [9.17, 15) is 4.79 Å². The van der Waals surface area contributed by atoms with Crippen LogP contribution < -0.4 is 5.32 Å². The summed E-state index contributed by atoms with van der Waals surface area (Å²) in [5.41, 5.74) is 0.500. The van der Waals surface area contributed by atoms with E-state index in [0.717, 1.165) is 0 Å². The van der Waals surface area contributed by atoms with Crippen LogP contribution in [0.5, 0.6) is 0 Å². The third kappa shape index (κ3) is 3.26. The molecule has 0 spiro atoms. The minimum atomic E-state index is -0.512. The molecule has 0 aliphatic rings. The van der Waals surface area contributed by atoms with E-state index in [4.69, 9.17) is 16.3 Å². The van der Waals surface area contributed by atoms with E-state index in [0.29, 0.717) is 10.7 Å². The molecule has 0 unspecified atom stereocenters. The van der Waals surface area contributed by atoms with Crippen molar-refractivity contribution in [3.8, 4) is 0 Å². The molecule has 0 saturated carbocycles. The first kappa shape index (κ1) is 10.9. The van der Waals surface area contributed by atoms with Gasteiger partial charge >= 0.3 is 6.09 Å². The van der Waals surface area contributed by atoms with Crippen molar-refractivity contribution in [1.82, 2.24) is 0 Å². The van der Waals surface area contributed by atoms with Crippen LogP contribution in [-0.4, -0.2) is 12.2 Å². The van der Waals surface area contributed by atoms with E-state index in [1.807, 2.05) is 0 Å². The van der Waals surface area contributed by atoms with Crippen LogP contribution in [0.2, 0.25) is 5.02 Å². The number of benzene rings is 1. The number of anilines is 1. The molecule has 0 bridgehead atoms. The van der Waals surface area contributed by atoms with Gasteiger partial charge in [0.05, 0.1) is 16.8 Å². The Labute approximate surface area is 88.0 Å². The van der Waals surface area contributed by atoms with Crippen LogP contribution in [0.25, 0.3) is 0 Å². The summed E-state index contributed by atoms with van der Waals surface area (Å²) in [6.07, 6.45) is -0.664. The van der Waals surface area contributed by atoms with Gasteiger partial charge in [0, 0.05) is 0 Å². The lowest BCUT2D eigenvalue weighted by Gasteiger charge is -2.09. The van der Waals surface area contributed by atoms with Crippen molar-refractivity contribution >= 4 is 23.4 Å². The SMILES string of the molecule is CC(C)OC(=O)Nc1c[c]ccc1Cl. The van der Waals surface area contributed by atoms with Crippen molar-refractivity contribution in [1.29, 1.82) is 0 Å². The van der Waals surface area contributed by atoms with Crippen LogP contribution in [-0.2, 0) is 4.74 Å². The average Bonchev–Trinajstić information content (AvgIpc) is 2.07. The molecule has 1 rings (SSSR count). The van der Waals surface area contributed by atoms with Gasteiger partial charge in [0.15, 0.2) is 0 Å². The van der Waals surface area contributed by atoms with E-state index in [1.165, 1.54) is 0 Å². The number of halogens is 1. The van der Waals surface area contributed by atoms with E-state index in [2.05, 4.69) is 11.4 Å². The zero-order valence-corrected chi connectivity index (χ0v) is 8.76. The Morgan fingerprint density at radius 1 is 1.64 bits per heavy atom. The fraction of sp³-hybridized carbons (Fsp3) is 0.300. The zero-order chi connectivity index (χ0) is 10.6. The second-order valence-electron chi connectivity index (χ2n) is 2.99. The van der Waals surface area contributed by atoms with E-state index in [-0.39, 0.29) is 6.10 Å². The Balaban J connectivity index is 2.61. The Morgan fingerprint density at radius 3 is 2.93 bits per heavy atom. The lowest BCUT2D eigenvalue weighted by Crippen LogP contribution is -2.18. The molecule has 0 fully saturated rings. The maximum Gasteiger partial charge on any atom is 0.411 e. The maximum atomic E-state index is 11.2. The predicted octanol–water partition coefficient (Wildman–Crippen LogP) is 3.10. The van der Waals surface area contributed by atoms with E-state index < -0.39 is 6.09 Å². The minimum Gasteiger partial charge on any atom is -0.447 e. The third-order valence-corrected chi connectivity index (χ3v) is 1.72. The summed E-state index contributed by atoms with van der Waals surface area (Å²) < 4.78 is 4.89. The van der Waals surface area contributed by atoms with Crippen LogP contribution in [0.15, 0.2) is 18.2 Å². The molecular weight excluding hydrogens is 202 g/mol. The zero-order valence-electron chi connectivity index (χ0n) is 8.00. The van der Waals surface area contributed by atoms with E-state index in [1.54, 1.807) is 32.0 Å². The normalized spacial score (nSPS) is 10.0. The number of carbonyl (C=O) groups excluding carboxylic acids is 1. The first-order valence-corrected chi connectivity index (χ1v) is 4.60. The smallest absolute Gasteiger partial charge is 0.411 e. The number of amides is 1. The van der Waals surface area contributed by atoms with Crippen molar-refractivity contribution in [2.45, 2.75) is 20.0 Å². The standard InChI is InChI=1S/C10H11ClNO2/c1-7(2)14-10(13)12-9-6-4-3-5-8(9)11/h3,5-7H,1-2H3,(H,12,13). The van der Waals surface area contributed by atoms with Crippen LogP contribution in [0.1, 0.15) is 13.8 Å². The monoisotopic (exact) mass is 212 g/mol. The average molecular weight is 213 g/mol. The van der Waals surface area contributed by atoms with Gasteiger partial charge in [-0.25, -0.2) is 4.79 Å². The molecule has 1 amide bonds. The molecule has 1 radical (unpaired) electrons. The fourth-order valence-corrected chi connectivity index (χ4v) is 1.03. The molecule has 0 aliphatic carbocycles. The number of carbonyl (C=O) groups is 1. The Hall–Kier alpha value is -1.22. The molecule has 0 atom stereocenters. The number of hydrogen-bond acceptors (Lipinski definition) is 2. The Kier molecular flexibility index (Phi) is 3.77. The van der Waals surface area contributed by atoms with Crippen LogP contribution in [0.3, 0.4) is 0 Å². The van der Waals surface area contributed by atoms with Gasteiger partial charge in [-0.05, 0) is 32.0 Å². The third-order valence-electron chi connectivity index (χ3n) is 1.39. The second kappa shape index (κ2) is 4.86. The molecule has 1 N–H and O–H groups in total. The lowest BCUT2D eigenvalue weighted by molar-refractivity contribution is 0.130. The summed E-state index contributed by atoms with van der Waals surface area (Å²) in [7, 11) is 0. The van der Waals surface area contributed by atoms with Crippen LogP contribution >= 0.6 is 11.6 Å². The molecule has 75 valence electrons. The van der Waals surface area contributed by atoms with Gasteiger partial charge in [-0.1, -0.05) is 17.7 Å². The molecule has 1 aromatic rings. The Bertz CT molecular complexity index is 326. The van der Waals surface area contributed by atoms with Gasteiger partial charge in [0.1, 0.15) is 0 Å². The summed E-state index contributed by atoms with van der Waals surface area (Å²) >= 11 is 5.81. The molecule has 4 heteroatoms. The first-order chi connectivity index (χ1) is 6.59. The number of ether oxygens (including phenoxy) is 1.